The first kappa shape index (κ1) is 10.9. The van der Waals surface area contributed by atoms with Crippen molar-refractivity contribution in [1.29, 1.82) is 0 Å². The summed E-state index contributed by atoms with van der Waals surface area (Å²) < 4.78 is 1.21. The second-order valence-electron chi connectivity index (χ2n) is 3.06. The van der Waals surface area contributed by atoms with Crippen LogP contribution < -0.4 is 5.73 Å². The molecule has 0 spiro atoms. The maximum absolute atomic E-state index is 5.64. The average molecular weight is 257 g/mol. The zero-order chi connectivity index (χ0) is 10.8. The number of aromatic nitrogens is 2. The molecule has 0 aliphatic heterocycles. The molecule has 2 aromatic rings. The highest BCUT2D eigenvalue weighted by atomic mass is 32.2. The fourth-order valence-electron chi connectivity index (χ4n) is 1.15. The molecule has 15 heavy (non-hydrogen) atoms. The van der Waals surface area contributed by atoms with Crippen LogP contribution >= 0.6 is 34.4 Å². The van der Waals surface area contributed by atoms with Crippen LogP contribution in [0.5, 0.6) is 0 Å². The number of thioether (sulfide) groups is 1. The molecule has 0 bridgehead atoms. The Morgan fingerprint density at radius 2 is 2.20 bits per heavy atom. The van der Waals surface area contributed by atoms with E-state index in [0.29, 0.717) is 5.13 Å². The van der Waals surface area contributed by atoms with Gasteiger partial charge in [0.05, 0.1) is 14.9 Å². The van der Waals surface area contributed by atoms with E-state index in [0.717, 1.165) is 16.5 Å². The van der Waals surface area contributed by atoms with Crippen LogP contribution in [0.25, 0.3) is 0 Å². The van der Waals surface area contributed by atoms with Crippen molar-refractivity contribution >= 4 is 39.6 Å². The number of nitrogens with two attached hydrogens (primary N) is 1. The van der Waals surface area contributed by atoms with Gasteiger partial charge in [-0.1, -0.05) is 11.3 Å². The van der Waals surface area contributed by atoms with Crippen LogP contribution in [-0.2, 0) is 5.75 Å². The summed E-state index contributed by atoms with van der Waals surface area (Å²) in [5, 5.41) is 1.77. The molecule has 2 heterocycles. The summed E-state index contributed by atoms with van der Waals surface area (Å²) in [4.78, 5) is 9.71. The van der Waals surface area contributed by atoms with Gasteiger partial charge in [0, 0.05) is 16.8 Å². The van der Waals surface area contributed by atoms with Gasteiger partial charge in [-0.2, -0.15) is 0 Å². The van der Waals surface area contributed by atoms with E-state index in [9.17, 15) is 0 Å². The molecule has 0 aliphatic rings. The monoisotopic (exact) mass is 257 g/mol. The van der Waals surface area contributed by atoms with E-state index in [4.69, 9.17) is 5.73 Å². The molecular weight excluding hydrogens is 246 g/mol. The first-order valence-electron chi connectivity index (χ1n) is 4.42. The summed E-state index contributed by atoms with van der Waals surface area (Å²) in [7, 11) is 0. The average Bonchev–Trinajstić information content (AvgIpc) is 2.70. The number of aryl methyl sites for hydroxylation is 2. The molecule has 0 saturated heterocycles. The zero-order valence-electron chi connectivity index (χ0n) is 8.48. The lowest BCUT2D eigenvalue weighted by molar-refractivity contribution is 1.21. The van der Waals surface area contributed by atoms with Crippen molar-refractivity contribution in [2.45, 2.75) is 23.8 Å². The Morgan fingerprint density at radius 1 is 1.40 bits per heavy atom. The van der Waals surface area contributed by atoms with Crippen molar-refractivity contribution in [2.24, 2.45) is 0 Å². The molecule has 0 fully saturated rings. The zero-order valence-corrected chi connectivity index (χ0v) is 10.9. The van der Waals surface area contributed by atoms with E-state index >= 15 is 0 Å². The number of nitrogens with zero attached hydrogens (tertiary/aromatic N) is 2. The number of anilines is 1. The Hall–Kier alpha value is -0.590. The topological polar surface area (TPSA) is 51.8 Å². The number of nitrogen functional groups attached to an aromatic ring is 1. The predicted octanol–water partition coefficient (Wildman–Crippen LogP) is 3.09. The highest BCUT2D eigenvalue weighted by molar-refractivity contribution is 8.00. The van der Waals surface area contributed by atoms with Gasteiger partial charge in [-0.15, -0.1) is 23.1 Å². The lowest BCUT2D eigenvalue weighted by atomic mass is 10.6. The lowest BCUT2D eigenvalue weighted by Crippen LogP contribution is -1.80. The summed E-state index contributed by atoms with van der Waals surface area (Å²) in [6.45, 7) is 4.02. The molecule has 0 unspecified atom stereocenters. The van der Waals surface area contributed by atoms with Crippen molar-refractivity contribution in [2.75, 3.05) is 5.73 Å². The fraction of sp³-hybridized carbons (Fsp3) is 0.333. The second-order valence-corrected chi connectivity index (χ2v) is 6.65. The summed E-state index contributed by atoms with van der Waals surface area (Å²) >= 11 is 5.08. The SMILES string of the molecule is Cc1ncc(CSc2sc(N)nc2C)s1. The van der Waals surface area contributed by atoms with E-state index in [2.05, 4.69) is 9.97 Å². The van der Waals surface area contributed by atoms with Crippen LogP contribution in [0.2, 0.25) is 0 Å². The van der Waals surface area contributed by atoms with Crippen LogP contribution in [0.15, 0.2) is 10.4 Å². The van der Waals surface area contributed by atoms with Crippen LogP contribution in [0.1, 0.15) is 15.6 Å². The molecular formula is C9H11N3S3. The Kier molecular flexibility index (Phi) is 3.28. The van der Waals surface area contributed by atoms with Gasteiger partial charge in [-0.3, -0.25) is 0 Å². The quantitative estimate of drug-likeness (QED) is 0.858. The van der Waals surface area contributed by atoms with Crippen LogP contribution in [0.3, 0.4) is 0 Å². The molecule has 0 aromatic carbocycles. The van der Waals surface area contributed by atoms with Gasteiger partial charge in [0.15, 0.2) is 5.13 Å². The lowest BCUT2D eigenvalue weighted by Gasteiger charge is -1.95. The molecule has 2 rings (SSSR count). The fourth-order valence-corrected chi connectivity index (χ4v) is 3.98. The summed E-state index contributed by atoms with van der Waals surface area (Å²) in [6.07, 6.45) is 1.94. The van der Waals surface area contributed by atoms with Crippen LogP contribution in [-0.4, -0.2) is 9.97 Å². The van der Waals surface area contributed by atoms with Crippen LogP contribution in [0.4, 0.5) is 5.13 Å². The van der Waals surface area contributed by atoms with E-state index in [-0.39, 0.29) is 0 Å². The summed E-state index contributed by atoms with van der Waals surface area (Å²) in [5.41, 5.74) is 6.67. The summed E-state index contributed by atoms with van der Waals surface area (Å²) in [5.74, 6) is 0.952. The standard InChI is InChI=1S/C9H11N3S3/c1-5-8(15-9(10)12-5)13-4-7-3-11-6(2)14-7/h3H,4H2,1-2H3,(H2,10,12). The summed E-state index contributed by atoms with van der Waals surface area (Å²) in [6, 6.07) is 0. The highest BCUT2D eigenvalue weighted by Crippen LogP contribution is 2.33. The Labute approximate surface area is 101 Å². The van der Waals surface area contributed by atoms with Crippen molar-refractivity contribution < 1.29 is 0 Å². The molecule has 3 nitrogen and oxygen atoms in total. The Bertz CT molecular complexity index is 461. The number of hydrogen-bond acceptors (Lipinski definition) is 6. The third-order valence-corrected chi connectivity index (χ3v) is 5.28. The second kappa shape index (κ2) is 4.51. The van der Waals surface area contributed by atoms with Crippen LogP contribution in [0, 0.1) is 13.8 Å². The molecule has 2 aromatic heterocycles. The van der Waals surface area contributed by atoms with E-state index in [1.165, 1.54) is 9.09 Å². The first-order valence-corrected chi connectivity index (χ1v) is 7.04. The molecule has 0 aliphatic carbocycles. The van der Waals surface area contributed by atoms with Crippen molar-refractivity contribution in [3.05, 3.63) is 21.8 Å². The van der Waals surface area contributed by atoms with E-state index < -0.39 is 0 Å². The minimum absolute atomic E-state index is 0.649. The Morgan fingerprint density at radius 3 is 2.73 bits per heavy atom. The van der Waals surface area contributed by atoms with Crippen molar-refractivity contribution in [1.82, 2.24) is 9.97 Å². The normalized spacial score (nSPS) is 10.8. The highest BCUT2D eigenvalue weighted by Gasteiger charge is 2.07. The third-order valence-electron chi connectivity index (χ3n) is 1.79. The van der Waals surface area contributed by atoms with Crippen molar-refractivity contribution in [3.63, 3.8) is 0 Å². The Balaban J connectivity index is 2.01. The molecule has 80 valence electrons. The number of rotatable bonds is 3. The molecule has 0 radical (unpaired) electrons. The first-order chi connectivity index (χ1) is 7.15. The smallest absolute Gasteiger partial charge is 0.181 e. The van der Waals surface area contributed by atoms with Gasteiger partial charge < -0.3 is 5.73 Å². The predicted molar refractivity (Wildman–Crippen MR) is 67.7 cm³/mol. The minimum Gasteiger partial charge on any atom is -0.375 e. The number of hydrogen-bond donors (Lipinski definition) is 1. The minimum atomic E-state index is 0.649. The van der Waals surface area contributed by atoms with E-state index in [1.807, 2.05) is 20.0 Å². The maximum Gasteiger partial charge on any atom is 0.181 e. The van der Waals surface area contributed by atoms with Crippen molar-refractivity contribution in [3.8, 4) is 0 Å². The van der Waals surface area contributed by atoms with Gasteiger partial charge in [0.1, 0.15) is 0 Å². The van der Waals surface area contributed by atoms with Gasteiger partial charge in [0.2, 0.25) is 0 Å². The third kappa shape index (κ3) is 2.70. The van der Waals surface area contributed by atoms with Gasteiger partial charge in [-0.25, -0.2) is 9.97 Å². The molecule has 6 heteroatoms. The molecule has 0 amide bonds. The van der Waals surface area contributed by atoms with E-state index in [1.54, 1.807) is 34.4 Å². The largest absolute Gasteiger partial charge is 0.375 e. The van der Waals surface area contributed by atoms with Gasteiger partial charge in [0.25, 0.3) is 0 Å². The maximum atomic E-state index is 5.64. The molecule has 0 saturated carbocycles. The van der Waals surface area contributed by atoms with Gasteiger partial charge >= 0.3 is 0 Å². The number of thiazole rings is 2. The molecule has 2 N–H and O–H groups in total. The molecule has 0 atom stereocenters. The van der Waals surface area contributed by atoms with Gasteiger partial charge in [-0.05, 0) is 13.8 Å².